The number of carboxylic acids is 1. The number of fused-ring (bicyclic) bond motifs is 2. The Bertz CT molecular complexity index is 857. The van der Waals surface area contributed by atoms with Gasteiger partial charge in [-0.1, -0.05) is 11.6 Å². The highest BCUT2D eigenvalue weighted by atomic mass is 35.5. The third-order valence-electron chi connectivity index (χ3n) is 3.20. The molecule has 7 heteroatoms. The minimum Gasteiger partial charge on any atom is -0.478 e. The lowest BCUT2D eigenvalue weighted by Gasteiger charge is -2.07. The van der Waals surface area contributed by atoms with E-state index in [0.717, 1.165) is 6.08 Å². The third kappa shape index (κ3) is 3.00. The number of ether oxygens (including phenoxy) is 1. The zero-order valence-corrected chi connectivity index (χ0v) is 13.5. The van der Waals surface area contributed by atoms with Gasteiger partial charge in [0.15, 0.2) is 0 Å². The van der Waals surface area contributed by atoms with E-state index in [1.807, 2.05) is 6.92 Å². The van der Waals surface area contributed by atoms with Crippen molar-refractivity contribution in [1.29, 1.82) is 0 Å². The van der Waals surface area contributed by atoms with Crippen molar-refractivity contribution < 1.29 is 19.0 Å². The molecule has 1 N–H and O–H groups in total. The van der Waals surface area contributed by atoms with Crippen LogP contribution in [0.4, 0.5) is 10.1 Å². The Morgan fingerprint density at radius 3 is 2.91 bits per heavy atom. The number of hydrogen-bond donors (Lipinski definition) is 1. The topological polar surface area (TPSA) is 58.9 Å². The van der Waals surface area contributed by atoms with Crippen LogP contribution in [-0.2, 0) is 9.53 Å². The lowest BCUT2D eigenvalue weighted by atomic mass is 10.0. The van der Waals surface area contributed by atoms with Crippen molar-refractivity contribution in [3.63, 3.8) is 0 Å². The van der Waals surface area contributed by atoms with Crippen LogP contribution < -0.4 is 0 Å². The molecule has 4 nitrogen and oxygen atoms in total. The van der Waals surface area contributed by atoms with Crippen LogP contribution in [0.5, 0.6) is 0 Å². The Labute approximate surface area is 140 Å². The van der Waals surface area contributed by atoms with E-state index in [1.54, 1.807) is 6.07 Å². The molecule has 0 saturated carbocycles. The lowest BCUT2D eigenvalue weighted by Crippen LogP contribution is -2.06. The molecule has 0 atom stereocenters. The standard InChI is InChI=1S/C16H11ClFNO3S/c1-2-22-16-11-6-13(17)23-15(11)10(7-14(20)21)9-4-3-8(18)5-12(9)19-16/h3-7H,2H2,1H3,(H,20,21)/b10-7-. The molecule has 0 saturated heterocycles. The average Bonchev–Trinajstić information content (AvgIpc) is 2.82. The molecule has 1 aromatic carbocycles. The molecule has 1 aliphatic heterocycles. The van der Waals surface area contributed by atoms with Gasteiger partial charge in [-0.25, -0.2) is 14.2 Å². The van der Waals surface area contributed by atoms with Crippen molar-refractivity contribution in [2.75, 3.05) is 6.61 Å². The van der Waals surface area contributed by atoms with Gasteiger partial charge in [-0.05, 0) is 25.1 Å². The van der Waals surface area contributed by atoms with Crippen molar-refractivity contribution in [1.82, 2.24) is 0 Å². The number of rotatable bonds is 2. The van der Waals surface area contributed by atoms with E-state index in [0.29, 0.717) is 44.1 Å². The number of hydrogen-bond acceptors (Lipinski definition) is 4. The van der Waals surface area contributed by atoms with Crippen LogP contribution in [0.1, 0.15) is 22.9 Å². The maximum absolute atomic E-state index is 13.6. The average molecular weight is 352 g/mol. The van der Waals surface area contributed by atoms with Gasteiger partial charge >= 0.3 is 5.97 Å². The second-order valence-electron chi connectivity index (χ2n) is 4.70. The number of nitrogens with zero attached hydrogens (tertiary/aromatic N) is 1. The smallest absolute Gasteiger partial charge is 0.328 e. The molecule has 0 fully saturated rings. The van der Waals surface area contributed by atoms with Crippen LogP contribution in [0.3, 0.4) is 0 Å². The van der Waals surface area contributed by atoms with Crippen LogP contribution in [0.25, 0.3) is 5.57 Å². The monoisotopic (exact) mass is 351 g/mol. The first kappa shape index (κ1) is 15.7. The van der Waals surface area contributed by atoms with E-state index in [2.05, 4.69) is 4.99 Å². The van der Waals surface area contributed by atoms with Crippen molar-refractivity contribution in [3.05, 3.63) is 56.5 Å². The van der Waals surface area contributed by atoms with Gasteiger partial charge in [0, 0.05) is 28.2 Å². The van der Waals surface area contributed by atoms with Crippen LogP contribution in [-0.4, -0.2) is 23.6 Å². The number of carbonyl (C=O) groups is 1. The van der Waals surface area contributed by atoms with E-state index < -0.39 is 11.8 Å². The van der Waals surface area contributed by atoms with E-state index in [4.69, 9.17) is 16.3 Å². The first-order chi connectivity index (χ1) is 11.0. The number of aliphatic carboxylic acids is 1. The minimum absolute atomic E-state index is 0.297. The predicted octanol–water partition coefficient (Wildman–Crippen LogP) is 4.49. The van der Waals surface area contributed by atoms with Gasteiger partial charge in [0.25, 0.3) is 0 Å². The highest BCUT2D eigenvalue weighted by Crippen LogP contribution is 2.42. The fourth-order valence-electron chi connectivity index (χ4n) is 2.35. The van der Waals surface area contributed by atoms with Gasteiger partial charge in [0.2, 0.25) is 5.90 Å². The van der Waals surface area contributed by atoms with Gasteiger partial charge in [0.1, 0.15) is 5.82 Å². The second-order valence-corrected chi connectivity index (χ2v) is 6.38. The number of aliphatic imine (C=N–C) groups is 1. The van der Waals surface area contributed by atoms with Crippen LogP contribution in [0, 0.1) is 5.82 Å². The largest absolute Gasteiger partial charge is 0.478 e. The summed E-state index contributed by atoms with van der Waals surface area (Å²) in [6.07, 6.45) is 1.08. The first-order valence-corrected chi connectivity index (χ1v) is 7.95. The first-order valence-electron chi connectivity index (χ1n) is 6.75. The molecule has 0 unspecified atom stereocenters. The van der Waals surface area contributed by atoms with Crippen LogP contribution in [0.15, 0.2) is 35.3 Å². The molecule has 0 spiro atoms. The maximum Gasteiger partial charge on any atom is 0.328 e. The Hall–Kier alpha value is -2.18. The van der Waals surface area contributed by atoms with E-state index in [9.17, 15) is 14.3 Å². The van der Waals surface area contributed by atoms with Gasteiger partial charge < -0.3 is 9.84 Å². The zero-order chi connectivity index (χ0) is 16.6. The summed E-state index contributed by atoms with van der Waals surface area (Å²) < 4.78 is 19.6. The fourth-order valence-corrected chi connectivity index (χ4v) is 3.60. The van der Waals surface area contributed by atoms with Crippen molar-refractivity contribution in [2.24, 2.45) is 4.99 Å². The molecule has 2 aromatic rings. The summed E-state index contributed by atoms with van der Waals surface area (Å²) in [4.78, 5) is 16.2. The Kier molecular flexibility index (Phi) is 4.19. The number of carboxylic acid groups (broad SMARTS) is 1. The summed E-state index contributed by atoms with van der Waals surface area (Å²) in [6, 6.07) is 5.70. The minimum atomic E-state index is -1.11. The third-order valence-corrected chi connectivity index (χ3v) is 4.50. The van der Waals surface area contributed by atoms with Gasteiger partial charge in [-0.2, -0.15) is 0 Å². The molecule has 2 heterocycles. The molecule has 118 valence electrons. The molecule has 1 aliphatic rings. The van der Waals surface area contributed by atoms with Crippen molar-refractivity contribution in [2.45, 2.75) is 6.92 Å². The molecular weight excluding hydrogens is 341 g/mol. The number of thiophene rings is 1. The van der Waals surface area contributed by atoms with Crippen molar-refractivity contribution >= 4 is 46.1 Å². The maximum atomic E-state index is 13.6. The van der Waals surface area contributed by atoms with E-state index >= 15 is 0 Å². The molecule has 3 rings (SSSR count). The molecule has 1 aromatic heterocycles. The zero-order valence-electron chi connectivity index (χ0n) is 12.0. The molecule has 0 radical (unpaired) electrons. The Morgan fingerprint density at radius 2 is 2.22 bits per heavy atom. The van der Waals surface area contributed by atoms with Gasteiger partial charge in [0.05, 0.1) is 22.2 Å². The normalized spacial score (nSPS) is 14.7. The Balaban J connectivity index is 2.35. The highest BCUT2D eigenvalue weighted by molar-refractivity contribution is 7.17. The summed E-state index contributed by atoms with van der Waals surface area (Å²) in [5.74, 6) is -1.27. The quantitative estimate of drug-likeness (QED) is 0.811. The summed E-state index contributed by atoms with van der Waals surface area (Å²) in [5.41, 5.74) is 1.87. The molecule has 23 heavy (non-hydrogen) atoms. The summed E-state index contributed by atoms with van der Waals surface area (Å²) in [6.45, 7) is 2.18. The molecular formula is C16H11ClFNO3S. The fraction of sp³-hybridized carbons (Fsp3) is 0.125. The van der Waals surface area contributed by atoms with Gasteiger partial charge in [-0.3, -0.25) is 0 Å². The summed E-state index contributed by atoms with van der Waals surface area (Å²) in [5, 5.41) is 9.19. The highest BCUT2D eigenvalue weighted by Gasteiger charge is 2.25. The predicted molar refractivity (Wildman–Crippen MR) is 88.3 cm³/mol. The SMILES string of the molecule is CCOC1=Nc2cc(F)ccc2/C(=C/C(=O)O)c2sc(Cl)cc21. The Morgan fingerprint density at radius 1 is 1.43 bits per heavy atom. The summed E-state index contributed by atoms with van der Waals surface area (Å²) >= 11 is 7.33. The van der Waals surface area contributed by atoms with Crippen LogP contribution in [0.2, 0.25) is 4.34 Å². The van der Waals surface area contributed by atoms with Crippen LogP contribution >= 0.6 is 22.9 Å². The lowest BCUT2D eigenvalue weighted by molar-refractivity contribution is -0.131. The van der Waals surface area contributed by atoms with Crippen molar-refractivity contribution in [3.8, 4) is 0 Å². The molecule has 0 aliphatic carbocycles. The summed E-state index contributed by atoms with van der Waals surface area (Å²) in [7, 11) is 0. The van der Waals surface area contributed by atoms with E-state index in [1.165, 1.54) is 29.5 Å². The van der Waals surface area contributed by atoms with Gasteiger partial charge in [-0.15, -0.1) is 11.3 Å². The molecule has 0 amide bonds. The number of benzene rings is 1. The second kappa shape index (κ2) is 6.14. The molecule has 0 bridgehead atoms. The number of halogens is 2. The van der Waals surface area contributed by atoms with E-state index in [-0.39, 0.29) is 0 Å².